The van der Waals surface area contributed by atoms with Gasteiger partial charge in [0, 0.05) is 33.4 Å². The highest BCUT2D eigenvalue weighted by molar-refractivity contribution is 5.82. The van der Waals surface area contributed by atoms with Gasteiger partial charge in [0.25, 0.3) is 5.91 Å². The van der Waals surface area contributed by atoms with Crippen LogP contribution in [0, 0.1) is 0 Å². The van der Waals surface area contributed by atoms with Crippen LogP contribution in [0.25, 0.3) is 0 Å². The Kier molecular flexibility index (Phi) is 5.82. The summed E-state index contributed by atoms with van der Waals surface area (Å²) in [5.74, 6) is 0.265. The number of rotatable bonds is 6. The molecule has 5 heteroatoms. The summed E-state index contributed by atoms with van der Waals surface area (Å²) in [5, 5.41) is 10.3. The second-order valence-corrected chi connectivity index (χ2v) is 5.93. The van der Waals surface area contributed by atoms with Crippen molar-refractivity contribution in [3.63, 3.8) is 0 Å². The van der Waals surface area contributed by atoms with Crippen LogP contribution in [0.4, 0.5) is 5.69 Å². The van der Waals surface area contributed by atoms with E-state index in [0.717, 1.165) is 11.3 Å². The van der Waals surface area contributed by atoms with Gasteiger partial charge in [0.1, 0.15) is 5.75 Å². The second kappa shape index (κ2) is 7.84. The van der Waals surface area contributed by atoms with Crippen LogP contribution in [0.15, 0.2) is 48.5 Å². The van der Waals surface area contributed by atoms with Crippen LogP contribution in [0.2, 0.25) is 0 Å². The number of methoxy groups -OCH3 is 1. The molecule has 5 nitrogen and oxygen atoms in total. The van der Waals surface area contributed by atoms with E-state index >= 15 is 0 Å². The van der Waals surface area contributed by atoms with Gasteiger partial charge in [0.15, 0.2) is 6.10 Å². The second-order valence-electron chi connectivity index (χ2n) is 5.93. The SMILES string of the molecule is COc1cccc(C(O)C(=O)N(C)Cc2ccc(N(C)C)cc2)c1. The first-order chi connectivity index (χ1) is 11.4. The molecule has 1 unspecified atom stereocenters. The van der Waals surface area contributed by atoms with E-state index in [-0.39, 0.29) is 5.91 Å². The largest absolute Gasteiger partial charge is 0.497 e. The molecule has 0 spiro atoms. The molecule has 0 saturated heterocycles. The number of hydrogen-bond acceptors (Lipinski definition) is 4. The van der Waals surface area contributed by atoms with Gasteiger partial charge in [0.05, 0.1) is 7.11 Å². The number of likely N-dealkylation sites (N-methyl/N-ethyl adjacent to an activating group) is 1. The number of ether oxygens (including phenoxy) is 1. The highest BCUT2D eigenvalue weighted by Gasteiger charge is 2.21. The Bertz CT molecular complexity index is 683. The first-order valence-corrected chi connectivity index (χ1v) is 7.75. The Morgan fingerprint density at radius 2 is 1.79 bits per heavy atom. The molecule has 0 aliphatic carbocycles. The fourth-order valence-corrected chi connectivity index (χ4v) is 2.41. The van der Waals surface area contributed by atoms with Crippen LogP contribution in [0.5, 0.6) is 5.75 Å². The Balaban J connectivity index is 2.05. The number of carbonyl (C=O) groups is 1. The topological polar surface area (TPSA) is 53.0 Å². The number of aliphatic hydroxyl groups is 1. The maximum atomic E-state index is 12.4. The van der Waals surface area contributed by atoms with Crippen molar-refractivity contribution in [2.45, 2.75) is 12.6 Å². The van der Waals surface area contributed by atoms with Gasteiger partial charge in [0.2, 0.25) is 0 Å². The molecule has 1 N–H and O–H groups in total. The summed E-state index contributed by atoms with van der Waals surface area (Å²) < 4.78 is 5.13. The zero-order chi connectivity index (χ0) is 17.7. The number of hydrogen-bond donors (Lipinski definition) is 1. The van der Waals surface area contributed by atoms with E-state index < -0.39 is 6.10 Å². The van der Waals surface area contributed by atoms with Crippen molar-refractivity contribution in [1.29, 1.82) is 0 Å². The van der Waals surface area contributed by atoms with E-state index in [2.05, 4.69) is 0 Å². The van der Waals surface area contributed by atoms with Gasteiger partial charge in [-0.3, -0.25) is 4.79 Å². The average Bonchev–Trinajstić information content (AvgIpc) is 2.60. The molecule has 0 aliphatic heterocycles. The Morgan fingerprint density at radius 1 is 1.12 bits per heavy atom. The smallest absolute Gasteiger partial charge is 0.256 e. The molecule has 1 atom stereocenters. The minimum Gasteiger partial charge on any atom is -0.497 e. The van der Waals surface area contributed by atoms with Crippen molar-refractivity contribution in [1.82, 2.24) is 4.90 Å². The average molecular weight is 328 g/mol. The summed E-state index contributed by atoms with van der Waals surface area (Å²) in [5.41, 5.74) is 2.63. The highest BCUT2D eigenvalue weighted by Crippen LogP contribution is 2.21. The fourth-order valence-electron chi connectivity index (χ4n) is 2.41. The maximum absolute atomic E-state index is 12.4. The zero-order valence-electron chi connectivity index (χ0n) is 14.6. The summed E-state index contributed by atoms with van der Waals surface area (Å²) in [7, 11) is 7.20. The molecule has 2 rings (SSSR count). The lowest BCUT2D eigenvalue weighted by atomic mass is 10.1. The monoisotopic (exact) mass is 328 g/mol. The highest BCUT2D eigenvalue weighted by atomic mass is 16.5. The molecule has 0 aromatic heterocycles. The fraction of sp³-hybridized carbons (Fsp3) is 0.316. The summed E-state index contributed by atoms with van der Waals surface area (Å²) in [6, 6.07) is 14.9. The molecule has 0 saturated carbocycles. The number of nitrogens with zero attached hydrogens (tertiary/aromatic N) is 2. The lowest BCUT2D eigenvalue weighted by Gasteiger charge is -2.21. The summed E-state index contributed by atoms with van der Waals surface area (Å²) >= 11 is 0. The van der Waals surface area contributed by atoms with Gasteiger partial charge in [-0.1, -0.05) is 24.3 Å². The number of aliphatic hydroxyl groups excluding tert-OH is 1. The van der Waals surface area contributed by atoms with Crippen molar-refractivity contribution >= 4 is 11.6 Å². The molecule has 0 radical (unpaired) electrons. The van der Waals surface area contributed by atoms with Gasteiger partial charge < -0.3 is 19.6 Å². The van der Waals surface area contributed by atoms with Crippen LogP contribution in [-0.2, 0) is 11.3 Å². The van der Waals surface area contributed by atoms with E-state index in [9.17, 15) is 9.90 Å². The van der Waals surface area contributed by atoms with Gasteiger partial charge >= 0.3 is 0 Å². The predicted molar refractivity (Wildman–Crippen MR) is 95.2 cm³/mol. The van der Waals surface area contributed by atoms with Crippen LogP contribution < -0.4 is 9.64 Å². The molecule has 128 valence electrons. The van der Waals surface area contributed by atoms with E-state index in [0.29, 0.717) is 17.9 Å². The summed E-state index contributed by atoms with van der Waals surface area (Å²) in [6.07, 6.45) is -1.20. The summed E-state index contributed by atoms with van der Waals surface area (Å²) in [4.78, 5) is 16.0. The molecule has 0 fully saturated rings. The Hall–Kier alpha value is -2.53. The lowest BCUT2D eigenvalue weighted by molar-refractivity contribution is -0.139. The van der Waals surface area contributed by atoms with Crippen LogP contribution >= 0.6 is 0 Å². The Labute approximate surface area is 143 Å². The zero-order valence-corrected chi connectivity index (χ0v) is 14.6. The van der Waals surface area contributed by atoms with E-state index in [1.54, 1.807) is 38.4 Å². The predicted octanol–water partition coefficient (Wildman–Crippen LogP) is 2.45. The quantitative estimate of drug-likeness (QED) is 0.885. The van der Waals surface area contributed by atoms with E-state index in [1.807, 2.05) is 43.3 Å². The molecule has 1 amide bonds. The van der Waals surface area contributed by atoms with Crippen molar-refractivity contribution in [3.8, 4) is 5.75 Å². The molecule has 2 aromatic rings. The normalized spacial score (nSPS) is 11.7. The number of amides is 1. The third-order valence-electron chi connectivity index (χ3n) is 3.89. The van der Waals surface area contributed by atoms with Crippen molar-refractivity contribution in [2.24, 2.45) is 0 Å². The number of anilines is 1. The van der Waals surface area contributed by atoms with Crippen LogP contribution in [-0.4, -0.2) is 44.2 Å². The number of carbonyl (C=O) groups excluding carboxylic acids is 1. The Morgan fingerprint density at radius 3 is 2.38 bits per heavy atom. The molecule has 0 heterocycles. The maximum Gasteiger partial charge on any atom is 0.256 e. The summed E-state index contributed by atoms with van der Waals surface area (Å²) in [6.45, 7) is 0.438. The van der Waals surface area contributed by atoms with E-state index in [1.165, 1.54) is 4.90 Å². The minimum atomic E-state index is -1.20. The third kappa shape index (κ3) is 4.26. The molecule has 2 aromatic carbocycles. The van der Waals surface area contributed by atoms with Gasteiger partial charge in [-0.15, -0.1) is 0 Å². The van der Waals surface area contributed by atoms with Gasteiger partial charge in [-0.2, -0.15) is 0 Å². The lowest BCUT2D eigenvalue weighted by Crippen LogP contribution is -2.31. The molecule has 0 aliphatic rings. The van der Waals surface area contributed by atoms with Crippen molar-refractivity contribution < 1.29 is 14.6 Å². The minimum absolute atomic E-state index is 0.347. The number of benzene rings is 2. The van der Waals surface area contributed by atoms with Crippen molar-refractivity contribution in [2.75, 3.05) is 33.2 Å². The third-order valence-corrected chi connectivity index (χ3v) is 3.89. The van der Waals surface area contributed by atoms with Gasteiger partial charge in [-0.05, 0) is 35.4 Å². The van der Waals surface area contributed by atoms with E-state index in [4.69, 9.17) is 4.74 Å². The molecule has 24 heavy (non-hydrogen) atoms. The first kappa shape index (κ1) is 17.8. The first-order valence-electron chi connectivity index (χ1n) is 7.75. The molecular weight excluding hydrogens is 304 g/mol. The standard InChI is InChI=1S/C19H24N2O3/c1-20(2)16-10-8-14(9-11-16)13-21(3)19(23)18(22)15-6-5-7-17(12-15)24-4/h5-12,18,22H,13H2,1-4H3. The molecular formula is C19H24N2O3. The van der Waals surface area contributed by atoms with Crippen LogP contribution in [0.1, 0.15) is 17.2 Å². The molecule has 0 bridgehead atoms. The van der Waals surface area contributed by atoms with Crippen molar-refractivity contribution in [3.05, 3.63) is 59.7 Å². The van der Waals surface area contributed by atoms with Gasteiger partial charge in [-0.25, -0.2) is 0 Å². The van der Waals surface area contributed by atoms with Crippen LogP contribution in [0.3, 0.4) is 0 Å².